The van der Waals surface area contributed by atoms with Crippen LogP contribution < -0.4 is 15.6 Å². The van der Waals surface area contributed by atoms with E-state index in [1.807, 2.05) is 6.92 Å². The third-order valence-corrected chi connectivity index (χ3v) is 4.40. The molecule has 0 fully saturated rings. The Labute approximate surface area is 169 Å². The number of rotatable bonds is 7. The van der Waals surface area contributed by atoms with E-state index in [1.165, 1.54) is 18.2 Å². The third kappa shape index (κ3) is 5.55. The minimum atomic E-state index is -0.753. The molecule has 0 atom stereocenters. The van der Waals surface area contributed by atoms with Gasteiger partial charge < -0.3 is 9.15 Å². The van der Waals surface area contributed by atoms with Gasteiger partial charge in [-0.1, -0.05) is 23.9 Å². The highest BCUT2D eigenvalue weighted by Crippen LogP contribution is 2.24. The van der Waals surface area contributed by atoms with Crippen molar-refractivity contribution in [1.29, 1.82) is 0 Å². The predicted octanol–water partition coefficient (Wildman–Crippen LogP) is 2.83. The van der Waals surface area contributed by atoms with Crippen LogP contribution in [0.1, 0.15) is 17.3 Å². The number of aromatic nitrogens is 2. The van der Waals surface area contributed by atoms with Crippen molar-refractivity contribution in [2.24, 2.45) is 0 Å². The highest BCUT2D eigenvalue weighted by Gasteiger charge is 2.14. The maximum atomic E-state index is 13.5. The van der Waals surface area contributed by atoms with Crippen molar-refractivity contribution < 1.29 is 23.1 Å². The summed E-state index contributed by atoms with van der Waals surface area (Å²) in [5.41, 5.74) is 4.91. The molecule has 3 rings (SSSR count). The molecular weight excluding hydrogens is 399 g/mol. The summed E-state index contributed by atoms with van der Waals surface area (Å²) in [5, 5.41) is 8.02. The van der Waals surface area contributed by atoms with Crippen LogP contribution >= 0.6 is 11.8 Å². The van der Waals surface area contributed by atoms with Gasteiger partial charge in [0.25, 0.3) is 11.1 Å². The van der Waals surface area contributed by atoms with Crippen LogP contribution in [-0.2, 0) is 4.79 Å². The van der Waals surface area contributed by atoms with Crippen LogP contribution in [0, 0.1) is 5.82 Å². The van der Waals surface area contributed by atoms with Gasteiger partial charge in [0, 0.05) is 5.56 Å². The lowest BCUT2D eigenvalue weighted by Gasteiger charge is -2.07. The van der Waals surface area contributed by atoms with Crippen molar-refractivity contribution in [2.45, 2.75) is 12.1 Å². The zero-order valence-electron chi connectivity index (χ0n) is 15.3. The van der Waals surface area contributed by atoms with Crippen LogP contribution in [0.3, 0.4) is 0 Å². The third-order valence-electron chi connectivity index (χ3n) is 3.58. The van der Waals surface area contributed by atoms with Crippen LogP contribution in [0.5, 0.6) is 5.75 Å². The number of hydrogen-bond acceptors (Lipinski definition) is 7. The molecule has 0 aliphatic carbocycles. The van der Waals surface area contributed by atoms with Crippen molar-refractivity contribution in [3.05, 3.63) is 59.9 Å². The molecule has 10 heteroatoms. The maximum Gasteiger partial charge on any atom is 0.277 e. The van der Waals surface area contributed by atoms with Gasteiger partial charge >= 0.3 is 0 Å². The number of carbonyl (C=O) groups is 2. The molecule has 1 heterocycles. The van der Waals surface area contributed by atoms with E-state index in [-0.39, 0.29) is 16.5 Å². The second-order valence-electron chi connectivity index (χ2n) is 5.60. The Morgan fingerprint density at radius 2 is 1.86 bits per heavy atom. The summed E-state index contributed by atoms with van der Waals surface area (Å²) in [7, 11) is 0. The molecule has 0 aliphatic heterocycles. The summed E-state index contributed by atoms with van der Waals surface area (Å²) in [6, 6.07) is 12.6. The van der Waals surface area contributed by atoms with Gasteiger partial charge in [-0.15, -0.1) is 10.2 Å². The maximum absolute atomic E-state index is 13.5. The fourth-order valence-corrected chi connectivity index (χ4v) is 2.81. The quantitative estimate of drug-likeness (QED) is 0.451. The van der Waals surface area contributed by atoms with Crippen LogP contribution in [0.25, 0.3) is 11.5 Å². The number of hydrazine groups is 1. The molecule has 2 amide bonds. The second-order valence-corrected chi connectivity index (χ2v) is 6.53. The van der Waals surface area contributed by atoms with Gasteiger partial charge in [0.2, 0.25) is 11.8 Å². The molecule has 3 aromatic rings. The molecule has 0 spiro atoms. The Bertz CT molecular complexity index is 994. The van der Waals surface area contributed by atoms with Crippen LogP contribution in [-0.4, -0.2) is 34.4 Å². The van der Waals surface area contributed by atoms with E-state index in [0.29, 0.717) is 12.5 Å². The molecule has 0 radical (unpaired) electrons. The predicted molar refractivity (Wildman–Crippen MR) is 104 cm³/mol. The average molecular weight is 416 g/mol. The highest BCUT2D eigenvalue weighted by molar-refractivity contribution is 7.99. The average Bonchev–Trinajstić information content (AvgIpc) is 3.21. The number of hydrogen-bond donors (Lipinski definition) is 2. The Morgan fingerprint density at radius 1 is 1.10 bits per heavy atom. The number of nitrogens with one attached hydrogen (secondary N) is 2. The number of benzene rings is 2. The minimum Gasteiger partial charge on any atom is -0.494 e. The zero-order valence-corrected chi connectivity index (χ0v) is 16.2. The molecular formula is C19H17FN4O4S. The molecule has 2 N–H and O–H groups in total. The van der Waals surface area contributed by atoms with Crippen molar-refractivity contribution in [2.75, 3.05) is 12.4 Å². The lowest BCUT2D eigenvalue weighted by Crippen LogP contribution is -2.42. The summed E-state index contributed by atoms with van der Waals surface area (Å²) < 4.78 is 24.4. The van der Waals surface area contributed by atoms with E-state index in [1.54, 1.807) is 24.3 Å². The molecule has 1 aromatic heterocycles. The first kappa shape index (κ1) is 20.3. The van der Waals surface area contributed by atoms with Crippen molar-refractivity contribution in [1.82, 2.24) is 21.0 Å². The molecule has 0 bridgehead atoms. The topological polar surface area (TPSA) is 106 Å². The Balaban J connectivity index is 1.48. The minimum absolute atomic E-state index is 0.0809. The number of ether oxygens (including phenoxy) is 1. The van der Waals surface area contributed by atoms with Gasteiger partial charge in [-0.2, -0.15) is 0 Å². The second kappa shape index (κ2) is 9.69. The lowest BCUT2D eigenvalue weighted by atomic mass is 10.2. The normalized spacial score (nSPS) is 10.4. The van der Waals surface area contributed by atoms with Crippen LogP contribution in [0.2, 0.25) is 0 Å². The highest BCUT2D eigenvalue weighted by atomic mass is 32.2. The van der Waals surface area contributed by atoms with Crippen molar-refractivity contribution in [3.63, 3.8) is 0 Å². The van der Waals surface area contributed by atoms with Gasteiger partial charge in [0.15, 0.2) is 0 Å². The van der Waals surface area contributed by atoms with E-state index in [9.17, 15) is 14.0 Å². The molecule has 0 aliphatic rings. The van der Waals surface area contributed by atoms with Crippen molar-refractivity contribution >= 4 is 23.6 Å². The van der Waals surface area contributed by atoms with Crippen LogP contribution in [0.4, 0.5) is 4.39 Å². The molecule has 150 valence electrons. The Morgan fingerprint density at radius 3 is 2.59 bits per heavy atom. The van der Waals surface area contributed by atoms with E-state index in [2.05, 4.69) is 21.0 Å². The van der Waals surface area contributed by atoms with Gasteiger partial charge in [-0.3, -0.25) is 20.4 Å². The number of nitrogens with zero attached hydrogens (tertiary/aromatic N) is 2. The summed E-state index contributed by atoms with van der Waals surface area (Å²) >= 11 is 1.00. The summed E-state index contributed by atoms with van der Waals surface area (Å²) in [4.78, 5) is 23.7. The fraction of sp³-hybridized carbons (Fsp3) is 0.158. The molecule has 0 saturated heterocycles. The lowest BCUT2D eigenvalue weighted by molar-refractivity contribution is -0.119. The van der Waals surface area contributed by atoms with Gasteiger partial charge in [-0.25, -0.2) is 4.39 Å². The van der Waals surface area contributed by atoms with E-state index in [0.717, 1.165) is 29.1 Å². The molecule has 0 saturated carbocycles. The fourth-order valence-electron chi connectivity index (χ4n) is 2.25. The number of thioether (sulfide) groups is 1. The largest absolute Gasteiger partial charge is 0.494 e. The van der Waals surface area contributed by atoms with E-state index >= 15 is 0 Å². The number of amides is 2. The smallest absolute Gasteiger partial charge is 0.277 e. The van der Waals surface area contributed by atoms with Gasteiger partial charge in [0.1, 0.15) is 11.6 Å². The molecule has 29 heavy (non-hydrogen) atoms. The Kier molecular flexibility index (Phi) is 6.80. The van der Waals surface area contributed by atoms with Crippen molar-refractivity contribution in [3.8, 4) is 17.2 Å². The standard InChI is InChI=1S/C19H17FN4O4S/c1-2-27-13-9-7-12(8-10-13)18-23-24-19(28-18)29-11-16(25)21-22-17(26)14-5-3-4-6-15(14)20/h3-10H,2,11H2,1H3,(H,21,25)(H,22,26). The summed E-state index contributed by atoms with van der Waals surface area (Å²) in [6.07, 6.45) is 0. The molecule has 2 aromatic carbocycles. The molecule has 0 unspecified atom stereocenters. The number of halogens is 1. The Hall–Kier alpha value is -3.40. The summed E-state index contributed by atoms with van der Waals surface area (Å²) in [6.45, 7) is 2.47. The van der Waals surface area contributed by atoms with E-state index < -0.39 is 17.6 Å². The SMILES string of the molecule is CCOc1ccc(-c2nnc(SCC(=O)NNC(=O)c3ccccc3F)o2)cc1. The zero-order chi connectivity index (χ0) is 20.6. The first-order chi connectivity index (χ1) is 14.1. The summed E-state index contributed by atoms with van der Waals surface area (Å²) in [5.74, 6) is -0.982. The monoisotopic (exact) mass is 416 g/mol. The van der Waals surface area contributed by atoms with Gasteiger partial charge in [-0.05, 0) is 43.3 Å². The first-order valence-corrected chi connectivity index (χ1v) is 9.58. The van der Waals surface area contributed by atoms with Gasteiger partial charge in [0.05, 0.1) is 17.9 Å². The van der Waals surface area contributed by atoms with E-state index in [4.69, 9.17) is 9.15 Å². The number of carbonyl (C=O) groups excluding carboxylic acids is 2. The first-order valence-electron chi connectivity index (χ1n) is 8.60. The van der Waals surface area contributed by atoms with Crippen LogP contribution in [0.15, 0.2) is 58.2 Å². The molecule has 8 nitrogen and oxygen atoms in total.